The molecule has 3 nitrogen and oxygen atoms in total. The van der Waals surface area contributed by atoms with Crippen molar-refractivity contribution in [3.8, 4) is 0 Å². The molecule has 1 aliphatic carbocycles. The zero-order valence-electron chi connectivity index (χ0n) is 10.1. The molecule has 0 bridgehead atoms. The average molecular weight is 303 g/mol. The second-order valence-electron chi connectivity index (χ2n) is 4.21. The fourth-order valence-corrected chi connectivity index (χ4v) is 1.96. The van der Waals surface area contributed by atoms with Crippen molar-refractivity contribution >= 4 is 23.2 Å². The molecule has 3 N–H and O–H groups in total. The van der Waals surface area contributed by atoms with E-state index in [0.717, 1.165) is 12.1 Å². The van der Waals surface area contributed by atoms with E-state index in [9.17, 15) is 18.0 Å². The first-order valence-electron chi connectivity index (χ1n) is 5.69. The molecule has 0 atom stereocenters. The molecule has 1 amide bonds. The van der Waals surface area contributed by atoms with Crippen LogP contribution in [0, 0.1) is 17.5 Å². The highest BCUT2D eigenvalue weighted by molar-refractivity contribution is 6.33. The molecule has 0 fully saturated rings. The number of nitrogens with two attached hydrogens (primary N) is 1. The SMILES string of the molecule is NC1=CC(C(=O)Nc2ccc(F)c(F)c2F)=C(Cl)CC1. The van der Waals surface area contributed by atoms with E-state index in [2.05, 4.69) is 5.32 Å². The molecular formula is C13H10ClF3N2O. The molecule has 0 saturated heterocycles. The zero-order chi connectivity index (χ0) is 14.9. The van der Waals surface area contributed by atoms with Gasteiger partial charge in [-0.25, -0.2) is 13.2 Å². The van der Waals surface area contributed by atoms with E-state index in [-0.39, 0.29) is 10.6 Å². The third-order valence-corrected chi connectivity index (χ3v) is 3.18. The van der Waals surface area contributed by atoms with E-state index in [0.29, 0.717) is 18.5 Å². The van der Waals surface area contributed by atoms with Gasteiger partial charge in [-0.15, -0.1) is 0 Å². The fourth-order valence-electron chi connectivity index (χ4n) is 1.73. The quantitative estimate of drug-likeness (QED) is 0.825. The minimum atomic E-state index is -1.65. The number of allylic oxidation sites excluding steroid dienone is 2. The molecule has 20 heavy (non-hydrogen) atoms. The summed E-state index contributed by atoms with van der Waals surface area (Å²) in [6, 6.07) is 1.64. The first kappa shape index (κ1) is 14.5. The van der Waals surface area contributed by atoms with Crippen molar-refractivity contribution in [1.29, 1.82) is 0 Å². The fraction of sp³-hybridized carbons (Fsp3) is 0.154. The maximum Gasteiger partial charge on any atom is 0.256 e. The number of hydrogen-bond acceptors (Lipinski definition) is 2. The smallest absolute Gasteiger partial charge is 0.256 e. The van der Waals surface area contributed by atoms with Gasteiger partial charge in [-0.05, 0) is 31.1 Å². The molecule has 0 radical (unpaired) electrons. The molecule has 0 unspecified atom stereocenters. The second kappa shape index (κ2) is 5.58. The Morgan fingerprint density at radius 3 is 2.60 bits per heavy atom. The number of amides is 1. The molecule has 1 aromatic rings. The third kappa shape index (κ3) is 2.80. The Kier molecular flexibility index (Phi) is 4.04. The predicted octanol–water partition coefficient (Wildman–Crippen LogP) is 3.17. The van der Waals surface area contributed by atoms with E-state index < -0.39 is 29.0 Å². The van der Waals surface area contributed by atoms with Gasteiger partial charge in [-0.2, -0.15) is 0 Å². The number of anilines is 1. The van der Waals surface area contributed by atoms with Crippen LogP contribution in [0.4, 0.5) is 18.9 Å². The third-order valence-electron chi connectivity index (χ3n) is 2.78. The van der Waals surface area contributed by atoms with Crippen molar-refractivity contribution in [2.45, 2.75) is 12.8 Å². The zero-order valence-corrected chi connectivity index (χ0v) is 10.9. The molecule has 0 heterocycles. The van der Waals surface area contributed by atoms with E-state index >= 15 is 0 Å². The summed E-state index contributed by atoms with van der Waals surface area (Å²) in [5, 5.41) is 2.41. The topological polar surface area (TPSA) is 55.1 Å². The highest BCUT2D eigenvalue weighted by Crippen LogP contribution is 2.26. The van der Waals surface area contributed by atoms with Crippen molar-refractivity contribution in [3.05, 3.63) is 52.0 Å². The predicted molar refractivity (Wildman–Crippen MR) is 69.3 cm³/mol. The highest BCUT2D eigenvalue weighted by Gasteiger charge is 2.20. The van der Waals surface area contributed by atoms with Gasteiger partial charge in [0.15, 0.2) is 17.5 Å². The van der Waals surface area contributed by atoms with Crippen molar-refractivity contribution < 1.29 is 18.0 Å². The van der Waals surface area contributed by atoms with Crippen LogP contribution in [0.1, 0.15) is 12.8 Å². The summed E-state index contributed by atoms with van der Waals surface area (Å²) in [4.78, 5) is 11.9. The molecule has 0 spiro atoms. The first-order valence-corrected chi connectivity index (χ1v) is 6.07. The number of nitrogens with one attached hydrogen (secondary N) is 1. The van der Waals surface area contributed by atoms with Gasteiger partial charge >= 0.3 is 0 Å². The Bertz CT molecular complexity index is 641. The molecule has 2 rings (SSSR count). The number of carbonyl (C=O) groups is 1. The summed E-state index contributed by atoms with van der Waals surface area (Å²) in [6.07, 6.45) is 2.29. The standard InChI is InChI=1S/C13H10ClF3N2O/c14-8-2-1-6(18)5-7(8)13(20)19-10-4-3-9(15)11(16)12(10)17/h3-5H,1-2,18H2,(H,19,20). The second-order valence-corrected chi connectivity index (χ2v) is 4.67. The normalized spacial score (nSPS) is 15.1. The van der Waals surface area contributed by atoms with Crippen molar-refractivity contribution in [3.63, 3.8) is 0 Å². The lowest BCUT2D eigenvalue weighted by atomic mass is 10.0. The molecule has 7 heteroatoms. The molecule has 1 aromatic carbocycles. The van der Waals surface area contributed by atoms with Crippen LogP contribution in [-0.2, 0) is 4.79 Å². The summed E-state index contributed by atoms with van der Waals surface area (Å²) >= 11 is 5.90. The number of hydrogen-bond donors (Lipinski definition) is 2. The Labute approximate surface area is 117 Å². The van der Waals surface area contributed by atoms with Crippen LogP contribution in [0.25, 0.3) is 0 Å². The summed E-state index contributed by atoms with van der Waals surface area (Å²) in [5.74, 6) is -5.19. The Balaban J connectivity index is 2.27. The summed E-state index contributed by atoms with van der Waals surface area (Å²) < 4.78 is 39.3. The number of rotatable bonds is 2. The number of benzene rings is 1. The van der Waals surface area contributed by atoms with Gasteiger partial charge in [0.05, 0.1) is 11.3 Å². The van der Waals surface area contributed by atoms with Gasteiger partial charge in [0, 0.05) is 10.7 Å². The van der Waals surface area contributed by atoms with Gasteiger partial charge in [-0.1, -0.05) is 11.6 Å². The Hall–Kier alpha value is -1.95. The Morgan fingerprint density at radius 1 is 1.20 bits per heavy atom. The van der Waals surface area contributed by atoms with E-state index in [1.54, 1.807) is 0 Å². The lowest BCUT2D eigenvalue weighted by molar-refractivity contribution is -0.112. The maximum absolute atomic E-state index is 13.4. The molecule has 106 valence electrons. The van der Waals surface area contributed by atoms with E-state index in [1.165, 1.54) is 6.08 Å². The summed E-state index contributed by atoms with van der Waals surface area (Å²) in [5.41, 5.74) is 5.67. The van der Waals surface area contributed by atoms with E-state index in [1.807, 2.05) is 0 Å². The monoisotopic (exact) mass is 302 g/mol. The molecule has 0 saturated carbocycles. The van der Waals surface area contributed by atoms with Crippen molar-refractivity contribution in [2.24, 2.45) is 5.73 Å². The summed E-state index contributed by atoms with van der Waals surface area (Å²) in [6.45, 7) is 0. The van der Waals surface area contributed by atoms with Gasteiger partial charge in [0.25, 0.3) is 5.91 Å². The van der Waals surface area contributed by atoms with Crippen molar-refractivity contribution in [1.82, 2.24) is 0 Å². The van der Waals surface area contributed by atoms with E-state index in [4.69, 9.17) is 17.3 Å². The molecule has 1 aliphatic rings. The minimum Gasteiger partial charge on any atom is -0.402 e. The van der Waals surface area contributed by atoms with Crippen LogP contribution in [0.15, 0.2) is 34.5 Å². The Morgan fingerprint density at radius 2 is 1.90 bits per heavy atom. The average Bonchev–Trinajstić information content (AvgIpc) is 2.42. The number of carbonyl (C=O) groups excluding carboxylic acids is 1. The van der Waals surface area contributed by atoms with Gasteiger partial charge < -0.3 is 11.1 Å². The lowest BCUT2D eigenvalue weighted by Crippen LogP contribution is -2.18. The molecular weight excluding hydrogens is 293 g/mol. The van der Waals surface area contributed by atoms with Crippen LogP contribution in [0.2, 0.25) is 0 Å². The van der Waals surface area contributed by atoms with Crippen LogP contribution >= 0.6 is 11.6 Å². The van der Waals surface area contributed by atoms with Crippen molar-refractivity contribution in [2.75, 3.05) is 5.32 Å². The molecule has 0 aliphatic heterocycles. The van der Waals surface area contributed by atoms with Crippen LogP contribution in [0.5, 0.6) is 0 Å². The van der Waals surface area contributed by atoms with Gasteiger partial charge in [0.1, 0.15) is 0 Å². The largest absolute Gasteiger partial charge is 0.402 e. The molecule has 0 aromatic heterocycles. The van der Waals surface area contributed by atoms with Crippen LogP contribution in [-0.4, -0.2) is 5.91 Å². The lowest BCUT2D eigenvalue weighted by Gasteiger charge is -2.14. The van der Waals surface area contributed by atoms with Gasteiger partial charge in [0.2, 0.25) is 0 Å². The van der Waals surface area contributed by atoms with Gasteiger partial charge in [-0.3, -0.25) is 4.79 Å². The summed E-state index contributed by atoms with van der Waals surface area (Å²) in [7, 11) is 0. The highest BCUT2D eigenvalue weighted by atomic mass is 35.5. The first-order chi connectivity index (χ1) is 9.40. The minimum absolute atomic E-state index is 0.0829. The number of halogens is 4. The van der Waals surface area contributed by atoms with Crippen LogP contribution in [0.3, 0.4) is 0 Å². The van der Waals surface area contributed by atoms with Crippen LogP contribution < -0.4 is 11.1 Å². The maximum atomic E-state index is 13.4.